The summed E-state index contributed by atoms with van der Waals surface area (Å²) in [7, 11) is 3.56. The number of nitriles is 1. The highest BCUT2D eigenvalue weighted by molar-refractivity contribution is 6.13. The van der Waals surface area contributed by atoms with Gasteiger partial charge in [-0.05, 0) is 86.0 Å². The quantitative estimate of drug-likeness (QED) is 0.200. The third-order valence-electron chi connectivity index (χ3n) is 10.6. The molecule has 1 saturated heterocycles. The van der Waals surface area contributed by atoms with Gasteiger partial charge in [0.05, 0.1) is 24.5 Å². The zero-order valence-corrected chi connectivity index (χ0v) is 31.0. The van der Waals surface area contributed by atoms with E-state index in [0.29, 0.717) is 83.6 Å². The molecule has 0 saturated carbocycles. The van der Waals surface area contributed by atoms with Crippen LogP contribution in [0.25, 0.3) is 11.3 Å². The van der Waals surface area contributed by atoms with Gasteiger partial charge in [-0.3, -0.25) is 19.4 Å². The predicted octanol–water partition coefficient (Wildman–Crippen LogP) is 6.66. The van der Waals surface area contributed by atoms with Crippen molar-refractivity contribution in [3.8, 4) is 23.1 Å². The summed E-state index contributed by atoms with van der Waals surface area (Å²) in [6, 6.07) is 24.1. The smallest absolute Gasteiger partial charge is 0.264 e. The molecule has 1 atom stereocenters. The number of halogens is 2. The number of hydrogen-bond donors (Lipinski definition) is 1. The van der Waals surface area contributed by atoms with Gasteiger partial charge >= 0.3 is 0 Å². The number of carbonyl (C=O) groups is 2. The summed E-state index contributed by atoms with van der Waals surface area (Å²) in [6.07, 6.45) is 0.706. The van der Waals surface area contributed by atoms with Crippen LogP contribution in [0.3, 0.4) is 0 Å². The highest BCUT2D eigenvalue weighted by Gasteiger charge is 2.34. The maximum atomic E-state index is 15.2. The Labute approximate surface area is 314 Å². The SMILES string of the molecule is Cc1c(N(C(=O)c2cc(-c3cc(F)ccc3C(=O)N3Cc4ccccc4C[C@H]3CN3CCOCC3)n(C)c2C)c2ccc(O)cc2)cc(C#N)n1C.Cl. The van der Waals surface area contributed by atoms with Crippen molar-refractivity contribution in [2.75, 3.05) is 37.7 Å². The Morgan fingerprint density at radius 3 is 2.30 bits per heavy atom. The van der Waals surface area contributed by atoms with Crippen LogP contribution in [0.4, 0.5) is 15.8 Å². The van der Waals surface area contributed by atoms with E-state index in [0.717, 1.165) is 18.7 Å². The van der Waals surface area contributed by atoms with E-state index in [1.165, 1.54) is 34.7 Å². The first-order valence-electron chi connectivity index (χ1n) is 17.4. The van der Waals surface area contributed by atoms with E-state index < -0.39 is 5.82 Å². The molecule has 0 unspecified atom stereocenters. The number of aromatic nitrogens is 2. The zero-order chi connectivity index (χ0) is 36.7. The molecule has 1 fully saturated rings. The molecule has 1 N–H and O–H groups in total. The number of ether oxygens (including phenoxy) is 1. The Morgan fingerprint density at radius 1 is 0.925 bits per heavy atom. The van der Waals surface area contributed by atoms with Crippen molar-refractivity contribution < 1.29 is 23.8 Å². The van der Waals surface area contributed by atoms with Gasteiger partial charge in [0.1, 0.15) is 23.3 Å². The fourth-order valence-corrected chi connectivity index (χ4v) is 7.42. The first kappa shape index (κ1) is 37.4. The zero-order valence-electron chi connectivity index (χ0n) is 30.2. The van der Waals surface area contributed by atoms with Gasteiger partial charge in [-0.2, -0.15) is 5.26 Å². The minimum atomic E-state index is -0.498. The predicted molar refractivity (Wildman–Crippen MR) is 203 cm³/mol. The lowest BCUT2D eigenvalue weighted by Crippen LogP contribution is -2.52. The number of morpholine rings is 1. The maximum absolute atomic E-state index is 15.2. The third kappa shape index (κ3) is 7.05. The van der Waals surface area contributed by atoms with Crippen molar-refractivity contribution in [2.45, 2.75) is 32.9 Å². The molecule has 4 heterocycles. The summed E-state index contributed by atoms with van der Waals surface area (Å²) in [6.45, 7) is 7.66. The van der Waals surface area contributed by atoms with Crippen LogP contribution in [0.1, 0.15) is 48.9 Å². The van der Waals surface area contributed by atoms with Gasteiger partial charge in [0.2, 0.25) is 0 Å². The summed E-state index contributed by atoms with van der Waals surface area (Å²) in [5, 5.41) is 19.8. The van der Waals surface area contributed by atoms with Crippen LogP contribution < -0.4 is 4.90 Å². The third-order valence-corrected chi connectivity index (χ3v) is 10.6. The second-order valence-corrected chi connectivity index (χ2v) is 13.6. The summed E-state index contributed by atoms with van der Waals surface area (Å²) in [5.74, 6) is -1.04. The summed E-state index contributed by atoms with van der Waals surface area (Å²) < 4.78 is 24.3. The van der Waals surface area contributed by atoms with Gasteiger partial charge in [0, 0.05) is 80.2 Å². The Kier molecular flexibility index (Phi) is 10.8. The Hall–Kier alpha value is -5.41. The lowest BCUT2D eigenvalue weighted by Gasteiger charge is -2.40. The van der Waals surface area contributed by atoms with Crippen molar-refractivity contribution in [3.05, 3.63) is 124 Å². The summed E-state index contributed by atoms with van der Waals surface area (Å²) in [5.41, 5.74) is 6.58. The van der Waals surface area contributed by atoms with Crippen molar-refractivity contribution >= 4 is 35.6 Å². The first-order chi connectivity index (χ1) is 25.0. The molecule has 2 amide bonds. The van der Waals surface area contributed by atoms with E-state index in [-0.39, 0.29) is 36.0 Å². The van der Waals surface area contributed by atoms with Crippen LogP contribution in [0.5, 0.6) is 5.75 Å². The number of aromatic hydroxyl groups is 1. The lowest BCUT2D eigenvalue weighted by molar-refractivity contribution is 0.0193. The molecule has 2 aliphatic heterocycles. The average Bonchev–Trinajstić information content (AvgIpc) is 3.61. The fourth-order valence-electron chi connectivity index (χ4n) is 7.42. The van der Waals surface area contributed by atoms with Gasteiger partial charge in [-0.15, -0.1) is 12.4 Å². The molecule has 5 aromatic rings. The number of benzene rings is 3. The minimum Gasteiger partial charge on any atom is -0.508 e. The van der Waals surface area contributed by atoms with Gasteiger partial charge in [0.25, 0.3) is 11.8 Å². The number of phenols is 1. The molecule has 2 aromatic heterocycles. The van der Waals surface area contributed by atoms with Crippen LogP contribution in [-0.4, -0.2) is 74.7 Å². The van der Waals surface area contributed by atoms with Gasteiger partial charge in [0.15, 0.2) is 0 Å². The number of hydrogen-bond acceptors (Lipinski definition) is 6. The summed E-state index contributed by atoms with van der Waals surface area (Å²) >= 11 is 0. The van der Waals surface area contributed by atoms with Crippen LogP contribution in [0.2, 0.25) is 0 Å². The Morgan fingerprint density at radius 2 is 1.62 bits per heavy atom. The number of amides is 2. The Bertz CT molecular complexity index is 2220. The van der Waals surface area contributed by atoms with Crippen LogP contribution in [0.15, 0.2) is 78.9 Å². The minimum absolute atomic E-state index is 0. The standard InChI is InChI=1S/C41H41FN6O4.ClH/c1-26-36(41(51)48(31-10-12-34(49)13-11-31)38-21-32(23-43)44(3)27(38)2)22-39(45(26)4)37-20-30(42)9-14-35(37)40(50)47-24-29-8-6-5-7-28(29)19-33(47)25-46-15-17-52-18-16-46;/h5-14,20-22,33,49H,15-19,24-25H2,1-4H3;1H/t33-;/m0./s1. The number of anilines is 2. The number of carbonyl (C=O) groups excluding carboxylic acids is 2. The summed E-state index contributed by atoms with van der Waals surface area (Å²) in [4.78, 5) is 35.2. The molecule has 2 aliphatic rings. The van der Waals surface area contributed by atoms with Crippen LogP contribution in [-0.2, 0) is 31.8 Å². The van der Waals surface area contributed by atoms with Crippen molar-refractivity contribution in [3.63, 3.8) is 0 Å². The molecule has 53 heavy (non-hydrogen) atoms. The normalized spacial score (nSPS) is 15.7. The Balaban J connectivity index is 0.00000481. The largest absolute Gasteiger partial charge is 0.508 e. The molecule has 0 spiro atoms. The molecular weight excluding hydrogens is 695 g/mol. The highest BCUT2D eigenvalue weighted by atomic mass is 35.5. The van der Waals surface area contributed by atoms with Gasteiger partial charge in [-0.25, -0.2) is 4.39 Å². The molecule has 7 rings (SSSR count). The number of nitrogens with zero attached hydrogens (tertiary/aromatic N) is 6. The average molecular weight is 737 g/mol. The van der Waals surface area contributed by atoms with Gasteiger partial charge < -0.3 is 23.9 Å². The van der Waals surface area contributed by atoms with Crippen molar-refractivity contribution in [1.29, 1.82) is 5.26 Å². The van der Waals surface area contributed by atoms with E-state index in [2.05, 4.69) is 23.1 Å². The number of phenolic OH excluding ortho intramolecular Hbond substituents is 1. The molecule has 0 radical (unpaired) electrons. The molecule has 10 nitrogen and oxygen atoms in total. The van der Waals surface area contributed by atoms with E-state index in [4.69, 9.17) is 4.74 Å². The maximum Gasteiger partial charge on any atom is 0.264 e. The van der Waals surface area contributed by atoms with Crippen molar-refractivity contribution in [2.24, 2.45) is 14.1 Å². The van der Waals surface area contributed by atoms with E-state index in [1.807, 2.05) is 35.4 Å². The second-order valence-electron chi connectivity index (χ2n) is 13.6. The van der Waals surface area contributed by atoms with Gasteiger partial charge in [-0.1, -0.05) is 24.3 Å². The van der Waals surface area contributed by atoms with E-state index in [9.17, 15) is 20.0 Å². The molecule has 12 heteroatoms. The molecule has 0 bridgehead atoms. The van der Waals surface area contributed by atoms with E-state index >= 15 is 4.39 Å². The van der Waals surface area contributed by atoms with Crippen molar-refractivity contribution in [1.82, 2.24) is 18.9 Å². The van der Waals surface area contributed by atoms with Crippen LogP contribution in [0, 0.1) is 31.0 Å². The second kappa shape index (κ2) is 15.3. The molecule has 3 aromatic carbocycles. The lowest BCUT2D eigenvalue weighted by atomic mass is 9.92. The first-order valence-corrected chi connectivity index (χ1v) is 17.4. The molecular formula is C41H42ClFN6O4. The monoisotopic (exact) mass is 736 g/mol. The topological polar surface area (TPSA) is 107 Å². The van der Waals surface area contributed by atoms with Crippen LogP contribution >= 0.6 is 12.4 Å². The highest BCUT2D eigenvalue weighted by Crippen LogP contribution is 2.37. The number of rotatable bonds is 7. The molecule has 0 aliphatic carbocycles. The fraction of sp³-hybridized carbons (Fsp3) is 0.293. The van der Waals surface area contributed by atoms with E-state index in [1.54, 1.807) is 49.0 Å². The molecule has 274 valence electrons. The number of fused-ring (bicyclic) bond motifs is 1.